The Hall–Kier alpha value is -3.29. The molecule has 1 heterocycles. The van der Waals surface area contributed by atoms with E-state index in [1.807, 2.05) is 42.5 Å². The van der Waals surface area contributed by atoms with Gasteiger partial charge in [0.05, 0.1) is 26.1 Å². The maximum absolute atomic E-state index is 12.9. The van der Waals surface area contributed by atoms with Crippen molar-refractivity contribution >= 4 is 39.6 Å². The molecule has 0 radical (unpaired) electrons. The largest absolute Gasteiger partial charge is 0.469 e. The summed E-state index contributed by atoms with van der Waals surface area (Å²) >= 11 is 9.52. The van der Waals surface area contributed by atoms with Crippen LogP contribution in [0.4, 0.5) is 4.79 Å². The number of benzene rings is 3. The second-order valence-corrected chi connectivity index (χ2v) is 9.32. The van der Waals surface area contributed by atoms with E-state index in [1.165, 1.54) is 7.11 Å². The first-order valence-electron chi connectivity index (χ1n) is 10.8. The summed E-state index contributed by atoms with van der Waals surface area (Å²) < 4.78 is 17.5. The lowest BCUT2D eigenvalue weighted by Crippen LogP contribution is -2.32. The van der Waals surface area contributed by atoms with E-state index in [-0.39, 0.29) is 25.0 Å². The van der Waals surface area contributed by atoms with Crippen molar-refractivity contribution in [1.29, 1.82) is 0 Å². The topological polar surface area (TPSA) is 65.1 Å². The maximum atomic E-state index is 12.9. The van der Waals surface area contributed by atoms with Gasteiger partial charge in [0.1, 0.15) is 11.5 Å². The number of esters is 1. The van der Waals surface area contributed by atoms with Crippen molar-refractivity contribution in [3.05, 3.63) is 106 Å². The zero-order chi connectivity index (χ0) is 24.9. The molecule has 0 bridgehead atoms. The molecule has 1 aliphatic rings. The van der Waals surface area contributed by atoms with E-state index < -0.39 is 12.2 Å². The molecule has 35 heavy (non-hydrogen) atoms. The lowest BCUT2D eigenvalue weighted by molar-refractivity contribution is -0.139. The number of ether oxygens (including phenoxy) is 3. The Balaban J connectivity index is 1.58. The van der Waals surface area contributed by atoms with Crippen LogP contribution in [0.3, 0.4) is 0 Å². The Bertz CT molecular complexity index is 1250. The van der Waals surface area contributed by atoms with Crippen molar-refractivity contribution in [3.63, 3.8) is 0 Å². The Morgan fingerprint density at radius 1 is 1.17 bits per heavy atom. The summed E-state index contributed by atoms with van der Waals surface area (Å²) in [5.41, 5.74) is 2.38. The van der Waals surface area contributed by atoms with Gasteiger partial charge in [0, 0.05) is 15.1 Å². The molecular weight excluding hydrogens is 534 g/mol. The Morgan fingerprint density at radius 3 is 2.66 bits per heavy atom. The summed E-state index contributed by atoms with van der Waals surface area (Å²) in [6.45, 7) is 4.18. The van der Waals surface area contributed by atoms with Crippen molar-refractivity contribution in [2.75, 3.05) is 7.11 Å². The fourth-order valence-electron chi connectivity index (χ4n) is 3.91. The third-order valence-electron chi connectivity index (χ3n) is 5.64. The predicted molar refractivity (Wildman–Crippen MR) is 137 cm³/mol. The van der Waals surface area contributed by atoms with Crippen molar-refractivity contribution in [2.45, 2.75) is 25.1 Å². The molecule has 1 saturated heterocycles. The van der Waals surface area contributed by atoms with Crippen LogP contribution in [0.1, 0.15) is 22.8 Å². The molecular formula is C27H23BrClNO5. The van der Waals surface area contributed by atoms with Gasteiger partial charge < -0.3 is 14.2 Å². The highest BCUT2D eigenvalue weighted by Gasteiger charge is 2.41. The summed E-state index contributed by atoms with van der Waals surface area (Å²) in [5, 5.41) is 0.608. The number of nitrogens with zero attached hydrogens (tertiary/aromatic N) is 1. The van der Waals surface area contributed by atoms with Gasteiger partial charge in [-0.25, -0.2) is 4.79 Å². The molecule has 8 heteroatoms. The molecule has 3 aromatic carbocycles. The minimum atomic E-state index is -0.496. The third-order valence-corrected chi connectivity index (χ3v) is 6.38. The van der Waals surface area contributed by atoms with Crippen LogP contribution in [-0.4, -0.2) is 30.1 Å². The van der Waals surface area contributed by atoms with Crippen LogP contribution in [0.5, 0.6) is 11.5 Å². The summed E-state index contributed by atoms with van der Waals surface area (Å²) in [5.74, 6) is 0.817. The van der Waals surface area contributed by atoms with E-state index in [0.717, 1.165) is 21.2 Å². The number of carbonyl (C=O) groups excluding carboxylic acids is 2. The number of hydrogen-bond acceptors (Lipinski definition) is 5. The average Bonchev–Trinajstić information content (AvgIpc) is 3.16. The van der Waals surface area contributed by atoms with E-state index in [2.05, 4.69) is 22.5 Å². The number of rotatable bonds is 8. The van der Waals surface area contributed by atoms with Crippen LogP contribution in [0.2, 0.25) is 5.02 Å². The van der Waals surface area contributed by atoms with E-state index in [9.17, 15) is 9.59 Å². The molecule has 0 spiro atoms. The minimum Gasteiger partial charge on any atom is -0.469 e. The van der Waals surface area contributed by atoms with Gasteiger partial charge in [-0.2, -0.15) is 0 Å². The molecule has 0 saturated carbocycles. The number of cyclic esters (lactones) is 1. The normalized spacial score (nSPS) is 17.1. The number of methoxy groups -OCH3 is 1. The first kappa shape index (κ1) is 24.8. The second-order valence-electron chi connectivity index (χ2n) is 7.96. The maximum Gasteiger partial charge on any atom is 0.411 e. The van der Waals surface area contributed by atoms with Crippen molar-refractivity contribution < 1.29 is 23.8 Å². The van der Waals surface area contributed by atoms with Crippen LogP contribution in [0.25, 0.3) is 0 Å². The zero-order valence-corrected chi connectivity index (χ0v) is 21.3. The lowest BCUT2D eigenvalue weighted by Gasteiger charge is -2.23. The quantitative estimate of drug-likeness (QED) is 0.224. The highest BCUT2D eigenvalue weighted by molar-refractivity contribution is 9.10. The Morgan fingerprint density at radius 2 is 1.94 bits per heavy atom. The molecule has 0 aromatic heterocycles. The zero-order valence-electron chi connectivity index (χ0n) is 18.9. The summed E-state index contributed by atoms with van der Waals surface area (Å²) in [6.07, 6.45) is 0.914. The van der Waals surface area contributed by atoms with E-state index in [0.29, 0.717) is 16.5 Å². The van der Waals surface area contributed by atoms with Crippen molar-refractivity contribution in [2.24, 2.45) is 0 Å². The second kappa shape index (κ2) is 11.0. The summed E-state index contributed by atoms with van der Waals surface area (Å²) in [7, 11) is 1.36. The van der Waals surface area contributed by atoms with Crippen LogP contribution >= 0.6 is 27.5 Å². The molecule has 0 unspecified atom stereocenters. The van der Waals surface area contributed by atoms with Gasteiger partial charge in [-0.3, -0.25) is 9.69 Å². The van der Waals surface area contributed by atoms with Crippen LogP contribution in [0, 0.1) is 0 Å². The van der Waals surface area contributed by atoms with Gasteiger partial charge in [-0.1, -0.05) is 57.9 Å². The molecule has 1 fully saturated rings. The first-order valence-corrected chi connectivity index (χ1v) is 12.0. The molecule has 4 rings (SSSR count). The SMILES string of the molecule is C=C[C@@H]1[C@H](c2ccc(Cl)cc2)OC(=O)N1Cc1cc(Br)ccc1Oc1cccc(CC(=O)OC)c1. The molecule has 3 aromatic rings. The van der Waals surface area contributed by atoms with Crippen molar-refractivity contribution in [3.8, 4) is 11.5 Å². The van der Waals surface area contributed by atoms with Gasteiger partial charge in [-0.05, 0) is 53.6 Å². The van der Waals surface area contributed by atoms with Gasteiger partial charge in [0.25, 0.3) is 0 Å². The highest BCUT2D eigenvalue weighted by atomic mass is 79.9. The lowest BCUT2D eigenvalue weighted by atomic mass is 10.0. The summed E-state index contributed by atoms with van der Waals surface area (Å²) in [6, 6.07) is 19.7. The summed E-state index contributed by atoms with van der Waals surface area (Å²) in [4.78, 5) is 26.1. The number of hydrogen-bond donors (Lipinski definition) is 0. The van der Waals surface area contributed by atoms with Gasteiger partial charge in [0.15, 0.2) is 6.10 Å². The van der Waals surface area contributed by atoms with Crippen LogP contribution in [0.15, 0.2) is 83.9 Å². The minimum absolute atomic E-state index is 0.146. The fourth-order valence-corrected chi connectivity index (χ4v) is 4.44. The predicted octanol–water partition coefficient (Wildman–Crippen LogP) is 6.86. The van der Waals surface area contributed by atoms with E-state index in [1.54, 1.807) is 35.2 Å². The fraction of sp³-hybridized carbons (Fsp3) is 0.185. The molecule has 0 aliphatic carbocycles. The molecule has 0 N–H and O–H groups in total. The average molecular weight is 557 g/mol. The molecule has 2 atom stereocenters. The van der Waals surface area contributed by atoms with Crippen LogP contribution < -0.4 is 4.74 Å². The van der Waals surface area contributed by atoms with Gasteiger partial charge in [0.2, 0.25) is 0 Å². The molecule has 6 nitrogen and oxygen atoms in total. The third kappa shape index (κ3) is 5.86. The van der Waals surface area contributed by atoms with E-state index in [4.69, 9.17) is 25.8 Å². The number of amides is 1. The molecule has 1 aliphatic heterocycles. The van der Waals surface area contributed by atoms with Gasteiger partial charge in [-0.15, -0.1) is 6.58 Å². The number of halogens is 2. The number of carbonyl (C=O) groups is 2. The van der Waals surface area contributed by atoms with Crippen LogP contribution in [-0.2, 0) is 27.2 Å². The highest BCUT2D eigenvalue weighted by Crippen LogP contribution is 2.37. The first-order chi connectivity index (χ1) is 16.9. The van der Waals surface area contributed by atoms with Crippen molar-refractivity contribution in [1.82, 2.24) is 4.90 Å². The Kier molecular flexibility index (Phi) is 7.78. The standard InChI is InChI=1S/C27H23BrClNO5/c1-3-23-26(18-7-10-21(29)11-8-18)35-27(32)30(23)16-19-15-20(28)9-12-24(19)34-22-6-4-5-17(13-22)14-25(31)33-2/h3-13,15,23,26H,1,14,16H2,2H3/t23-,26+/m1/s1. The Labute approximate surface area is 217 Å². The molecule has 1 amide bonds. The van der Waals surface area contributed by atoms with Gasteiger partial charge >= 0.3 is 12.1 Å². The smallest absolute Gasteiger partial charge is 0.411 e. The molecule has 180 valence electrons. The monoisotopic (exact) mass is 555 g/mol. The van der Waals surface area contributed by atoms with E-state index >= 15 is 0 Å².